The second-order valence-electron chi connectivity index (χ2n) is 3.40. The molecule has 0 amide bonds. The third kappa shape index (κ3) is 2.27. The minimum atomic E-state index is -4.14. The maximum absolute atomic E-state index is 12.5. The highest BCUT2D eigenvalue weighted by atomic mass is 127. The van der Waals surface area contributed by atoms with Gasteiger partial charge in [0.2, 0.25) is 0 Å². The van der Waals surface area contributed by atoms with E-state index in [-0.39, 0.29) is 0 Å². The number of halogens is 4. The summed E-state index contributed by atoms with van der Waals surface area (Å²) >= 11 is 1.99. The molecule has 4 heteroatoms. The average Bonchev–Trinajstić information content (AvgIpc) is 2.03. The Morgan fingerprint density at radius 2 is 2.00 bits per heavy atom. The quantitative estimate of drug-likeness (QED) is 0.511. The van der Waals surface area contributed by atoms with Crippen LogP contribution in [-0.2, 0) is 0 Å². The van der Waals surface area contributed by atoms with E-state index >= 15 is 0 Å². The standard InChI is InChI=1S/C9H10F3I/c1-8(6-13)5-3-2-4-7(8)9(10,11)12/h2-5,7H,6H2,1H3. The van der Waals surface area contributed by atoms with Crippen molar-refractivity contribution in [3.05, 3.63) is 24.3 Å². The molecular weight excluding hydrogens is 292 g/mol. The molecule has 0 aromatic carbocycles. The van der Waals surface area contributed by atoms with Crippen molar-refractivity contribution >= 4 is 22.6 Å². The second kappa shape index (κ2) is 3.63. The normalized spacial score (nSPS) is 33.8. The van der Waals surface area contributed by atoms with Crippen LogP contribution in [0, 0.1) is 11.3 Å². The zero-order valence-electron chi connectivity index (χ0n) is 7.11. The fourth-order valence-corrected chi connectivity index (χ4v) is 2.11. The maximum atomic E-state index is 12.5. The van der Waals surface area contributed by atoms with Crippen molar-refractivity contribution < 1.29 is 13.2 Å². The molecule has 0 N–H and O–H groups in total. The predicted molar refractivity (Wildman–Crippen MR) is 54.8 cm³/mol. The van der Waals surface area contributed by atoms with Crippen molar-refractivity contribution in [2.75, 3.05) is 4.43 Å². The van der Waals surface area contributed by atoms with Crippen molar-refractivity contribution in [1.29, 1.82) is 0 Å². The van der Waals surface area contributed by atoms with Crippen LogP contribution in [0.3, 0.4) is 0 Å². The summed E-state index contributed by atoms with van der Waals surface area (Å²) in [4.78, 5) is 0. The van der Waals surface area contributed by atoms with Gasteiger partial charge in [0.15, 0.2) is 0 Å². The van der Waals surface area contributed by atoms with Crippen molar-refractivity contribution in [2.24, 2.45) is 11.3 Å². The van der Waals surface area contributed by atoms with Crippen LogP contribution in [-0.4, -0.2) is 10.6 Å². The molecule has 0 radical (unpaired) electrons. The topological polar surface area (TPSA) is 0 Å². The first-order chi connectivity index (χ1) is 5.90. The van der Waals surface area contributed by atoms with Crippen LogP contribution in [0.25, 0.3) is 0 Å². The predicted octanol–water partition coefficient (Wildman–Crippen LogP) is 3.73. The summed E-state index contributed by atoms with van der Waals surface area (Å²) in [7, 11) is 0. The van der Waals surface area contributed by atoms with Gasteiger partial charge < -0.3 is 0 Å². The highest BCUT2D eigenvalue weighted by Gasteiger charge is 2.48. The lowest BCUT2D eigenvalue weighted by atomic mass is 9.76. The van der Waals surface area contributed by atoms with Gasteiger partial charge in [-0.25, -0.2) is 0 Å². The Bertz CT molecular complexity index is 242. The molecule has 0 bridgehead atoms. The molecule has 0 saturated heterocycles. The zero-order chi connectivity index (χ0) is 10.1. The second-order valence-corrected chi connectivity index (χ2v) is 4.17. The number of allylic oxidation sites excluding steroid dienone is 4. The van der Waals surface area contributed by atoms with Gasteiger partial charge in [-0.05, 0) is 0 Å². The molecule has 0 spiro atoms. The number of hydrogen-bond acceptors (Lipinski definition) is 0. The van der Waals surface area contributed by atoms with Gasteiger partial charge in [-0.2, -0.15) is 13.2 Å². The lowest BCUT2D eigenvalue weighted by molar-refractivity contribution is -0.179. The van der Waals surface area contributed by atoms with E-state index in [4.69, 9.17) is 0 Å². The molecule has 2 atom stereocenters. The Balaban J connectivity index is 2.96. The fourth-order valence-electron chi connectivity index (χ4n) is 1.38. The number of rotatable bonds is 1. The summed E-state index contributed by atoms with van der Waals surface area (Å²) in [6.07, 6.45) is 1.88. The van der Waals surface area contributed by atoms with Crippen molar-refractivity contribution in [2.45, 2.75) is 13.1 Å². The molecule has 0 nitrogen and oxygen atoms in total. The van der Waals surface area contributed by atoms with Gasteiger partial charge in [0, 0.05) is 9.84 Å². The third-order valence-electron chi connectivity index (χ3n) is 2.24. The van der Waals surface area contributed by atoms with Crippen LogP contribution in [0.2, 0.25) is 0 Å². The molecule has 13 heavy (non-hydrogen) atoms. The Morgan fingerprint density at radius 1 is 1.38 bits per heavy atom. The molecule has 0 saturated carbocycles. The van der Waals surface area contributed by atoms with Gasteiger partial charge in [-0.1, -0.05) is 53.8 Å². The lowest BCUT2D eigenvalue weighted by Gasteiger charge is -2.34. The van der Waals surface area contributed by atoms with Gasteiger partial charge in [0.05, 0.1) is 5.92 Å². The molecule has 2 unspecified atom stereocenters. The Hall–Kier alpha value is -0.0000000000000000555. The molecule has 1 aliphatic rings. The highest BCUT2D eigenvalue weighted by molar-refractivity contribution is 14.1. The molecule has 0 aromatic rings. The first kappa shape index (κ1) is 11.1. The number of hydrogen-bond donors (Lipinski definition) is 0. The van der Waals surface area contributed by atoms with Gasteiger partial charge >= 0.3 is 6.18 Å². The van der Waals surface area contributed by atoms with Crippen LogP contribution in [0.1, 0.15) is 6.92 Å². The van der Waals surface area contributed by atoms with E-state index < -0.39 is 17.5 Å². The van der Waals surface area contributed by atoms with Gasteiger partial charge in [-0.3, -0.25) is 0 Å². The summed E-state index contributed by atoms with van der Waals surface area (Å²) in [5.74, 6) is -1.35. The minimum Gasteiger partial charge on any atom is -0.170 e. The first-order valence-corrected chi connectivity index (χ1v) is 5.41. The molecular formula is C9H10F3I. The van der Waals surface area contributed by atoms with Crippen molar-refractivity contribution in [3.8, 4) is 0 Å². The van der Waals surface area contributed by atoms with Gasteiger partial charge in [-0.15, -0.1) is 0 Å². The summed E-state index contributed by atoms with van der Waals surface area (Å²) in [5, 5.41) is 0. The van der Waals surface area contributed by atoms with Crippen LogP contribution in [0.15, 0.2) is 24.3 Å². The Kier molecular flexibility index (Phi) is 3.09. The fraction of sp³-hybridized carbons (Fsp3) is 0.556. The molecule has 0 aromatic heterocycles. The van der Waals surface area contributed by atoms with E-state index in [9.17, 15) is 13.2 Å². The van der Waals surface area contributed by atoms with E-state index in [1.807, 2.05) is 22.6 Å². The summed E-state index contributed by atoms with van der Waals surface area (Å²) in [6, 6.07) is 0. The molecule has 1 aliphatic carbocycles. The van der Waals surface area contributed by atoms with Gasteiger partial charge in [0.1, 0.15) is 0 Å². The first-order valence-electron chi connectivity index (χ1n) is 3.89. The zero-order valence-corrected chi connectivity index (χ0v) is 9.26. The Labute approximate surface area is 89.0 Å². The smallest absolute Gasteiger partial charge is 0.170 e. The van der Waals surface area contributed by atoms with E-state index in [0.29, 0.717) is 4.43 Å². The van der Waals surface area contributed by atoms with E-state index in [2.05, 4.69) is 0 Å². The SMILES string of the molecule is CC1(CI)C=CC=CC1C(F)(F)F. The molecule has 1 rings (SSSR count). The summed E-state index contributed by atoms with van der Waals surface area (Å²) < 4.78 is 38.1. The molecule has 0 heterocycles. The van der Waals surface area contributed by atoms with Gasteiger partial charge in [0.25, 0.3) is 0 Å². The molecule has 0 aliphatic heterocycles. The average molecular weight is 302 g/mol. The number of alkyl halides is 4. The van der Waals surface area contributed by atoms with E-state index in [0.717, 1.165) is 0 Å². The van der Waals surface area contributed by atoms with Crippen LogP contribution >= 0.6 is 22.6 Å². The largest absolute Gasteiger partial charge is 0.396 e. The maximum Gasteiger partial charge on any atom is 0.396 e. The van der Waals surface area contributed by atoms with Crippen LogP contribution in [0.4, 0.5) is 13.2 Å². The van der Waals surface area contributed by atoms with Crippen molar-refractivity contribution in [3.63, 3.8) is 0 Å². The summed E-state index contributed by atoms with van der Waals surface area (Å²) in [6.45, 7) is 1.64. The van der Waals surface area contributed by atoms with Crippen LogP contribution in [0.5, 0.6) is 0 Å². The highest BCUT2D eigenvalue weighted by Crippen LogP contribution is 2.44. The minimum absolute atomic E-state index is 0.468. The molecule has 0 fully saturated rings. The molecule has 74 valence electrons. The van der Waals surface area contributed by atoms with Crippen LogP contribution < -0.4 is 0 Å². The van der Waals surface area contributed by atoms with Crippen molar-refractivity contribution in [1.82, 2.24) is 0 Å². The Morgan fingerprint density at radius 3 is 2.38 bits per heavy atom. The monoisotopic (exact) mass is 302 g/mol. The third-order valence-corrected chi connectivity index (χ3v) is 3.89. The van der Waals surface area contributed by atoms with E-state index in [1.54, 1.807) is 19.1 Å². The lowest BCUT2D eigenvalue weighted by Crippen LogP contribution is -2.37. The summed E-state index contributed by atoms with van der Waals surface area (Å²) in [5.41, 5.74) is -0.784. The van der Waals surface area contributed by atoms with E-state index in [1.165, 1.54) is 12.2 Å².